The molecular weight excluding hydrogens is 312 g/mol. The molecule has 6 nitrogen and oxygen atoms in total. The van der Waals surface area contributed by atoms with Crippen LogP contribution in [0.2, 0.25) is 0 Å². The number of nitrogens with one attached hydrogen (secondary N) is 1. The summed E-state index contributed by atoms with van der Waals surface area (Å²) in [5, 5.41) is 7.26. The molecule has 0 bridgehead atoms. The molecule has 0 aliphatic heterocycles. The maximum Gasteiger partial charge on any atom is 0.230 e. The normalized spacial score (nSPS) is 10.7. The van der Waals surface area contributed by atoms with E-state index in [0.717, 1.165) is 27.5 Å². The van der Waals surface area contributed by atoms with Crippen LogP contribution in [-0.2, 0) is 11.2 Å². The maximum absolute atomic E-state index is 12.2. The van der Waals surface area contributed by atoms with Crippen molar-refractivity contribution in [3.8, 4) is 10.6 Å². The van der Waals surface area contributed by atoms with Crippen LogP contribution >= 0.6 is 11.3 Å². The summed E-state index contributed by atoms with van der Waals surface area (Å²) in [6.07, 6.45) is 1.96. The van der Waals surface area contributed by atoms with E-state index >= 15 is 0 Å². The lowest BCUT2D eigenvalue weighted by Crippen LogP contribution is -2.15. The average molecular weight is 328 g/mol. The van der Waals surface area contributed by atoms with Gasteiger partial charge in [0.05, 0.1) is 28.4 Å². The van der Waals surface area contributed by atoms with Crippen LogP contribution in [0, 0.1) is 20.8 Å². The molecule has 0 spiro atoms. The minimum Gasteiger partial charge on any atom is -0.361 e. The van der Waals surface area contributed by atoms with Crippen molar-refractivity contribution in [3.05, 3.63) is 47.1 Å². The molecule has 0 saturated carbocycles. The van der Waals surface area contributed by atoms with Crippen LogP contribution in [0.1, 0.15) is 22.7 Å². The quantitative estimate of drug-likeness (QED) is 0.795. The number of amides is 1. The number of carbonyl (C=O) groups excluding carboxylic acids is 1. The number of nitrogens with zero attached hydrogens (tertiary/aromatic N) is 3. The molecule has 3 heterocycles. The molecule has 3 aromatic heterocycles. The molecule has 1 N–H and O–H groups in total. The molecule has 0 aliphatic rings. The fourth-order valence-electron chi connectivity index (χ4n) is 2.26. The zero-order valence-corrected chi connectivity index (χ0v) is 13.9. The summed E-state index contributed by atoms with van der Waals surface area (Å²) in [5.74, 6) is 0.530. The van der Waals surface area contributed by atoms with Gasteiger partial charge in [-0.3, -0.25) is 9.78 Å². The Kier molecular flexibility index (Phi) is 4.20. The average Bonchev–Trinajstić information content (AvgIpc) is 3.05. The Bertz CT molecular complexity index is 820. The lowest BCUT2D eigenvalue weighted by atomic mass is 10.1. The van der Waals surface area contributed by atoms with Crippen LogP contribution in [0.3, 0.4) is 0 Å². The van der Waals surface area contributed by atoms with Gasteiger partial charge in [-0.25, -0.2) is 4.98 Å². The van der Waals surface area contributed by atoms with Gasteiger partial charge in [0.15, 0.2) is 5.13 Å². The van der Waals surface area contributed by atoms with E-state index in [4.69, 9.17) is 4.52 Å². The van der Waals surface area contributed by atoms with Gasteiger partial charge in [-0.1, -0.05) is 22.6 Å². The van der Waals surface area contributed by atoms with E-state index in [-0.39, 0.29) is 12.3 Å². The van der Waals surface area contributed by atoms with Crippen molar-refractivity contribution in [2.24, 2.45) is 0 Å². The van der Waals surface area contributed by atoms with E-state index in [1.54, 1.807) is 13.1 Å². The number of hydrogen-bond acceptors (Lipinski definition) is 6. The highest BCUT2D eigenvalue weighted by molar-refractivity contribution is 7.19. The fraction of sp³-hybridized carbons (Fsp3) is 0.250. The molecule has 0 atom stereocenters. The highest BCUT2D eigenvalue weighted by Crippen LogP contribution is 2.31. The van der Waals surface area contributed by atoms with Crippen molar-refractivity contribution in [1.29, 1.82) is 0 Å². The van der Waals surface area contributed by atoms with Crippen molar-refractivity contribution in [2.45, 2.75) is 27.2 Å². The number of pyridine rings is 1. The van der Waals surface area contributed by atoms with E-state index in [0.29, 0.717) is 10.9 Å². The monoisotopic (exact) mass is 328 g/mol. The van der Waals surface area contributed by atoms with Crippen LogP contribution in [0.4, 0.5) is 5.13 Å². The summed E-state index contributed by atoms with van der Waals surface area (Å²) in [7, 11) is 0. The van der Waals surface area contributed by atoms with Gasteiger partial charge in [0.1, 0.15) is 5.76 Å². The molecule has 0 unspecified atom stereocenters. The highest BCUT2D eigenvalue weighted by atomic mass is 32.1. The smallest absolute Gasteiger partial charge is 0.230 e. The number of aromatic nitrogens is 3. The predicted molar refractivity (Wildman–Crippen MR) is 88.4 cm³/mol. The first-order valence-corrected chi connectivity index (χ1v) is 7.96. The zero-order valence-electron chi connectivity index (χ0n) is 13.1. The van der Waals surface area contributed by atoms with Crippen molar-refractivity contribution >= 4 is 22.4 Å². The summed E-state index contributed by atoms with van der Waals surface area (Å²) in [4.78, 5) is 21.9. The molecule has 0 aromatic carbocycles. The van der Waals surface area contributed by atoms with Crippen LogP contribution < -0.4 is 5.32 Å². The molecule has 3 rings (SSSR count). The van der Waals surface area contributed by atoms with Crippen LogP contribution in [0.15, 0.2) is 28.9 Å². The summed E-state index contributed by atoms with van der Waals surface area (Å²) in [6, 6.07) is 5.72. The fourth-order valence-corrected chi connectivity index (χ4v) is 3.22. The van der Waals surface area contributed by atoms with Crippen LogP contribution in [-0.4, -0.2) is 21.0 Å². The van der Waals surface area contributed by atoms with Gasteiger partial charge >= 0.3 is 0 Å². The predicted octanol–water partition coefficient (Wildman–Crippen LogP) is 3.30. The molecule has 0 radical (unpaired) electrons. The Morgan fingerprint density at radius 1 is 1.26 bits per heavy atom. The van der Waals surface area contributed by atoms with Gasteiger partial charge < -0.3 is 9.84 Å². The third-order valence-electron chi connectivity index (χ3n) is 3.46. The van der Waals surface area contributed by atoms with Gasteiger partial charge in [0.2, 0.25) is 5.91 Å². The largest absolute Gasteiger partial charge is 0.361 e. The first-order chi connectivity index (χ1) is 11.0. The number of thiazole rings is 1. The van der Waals surface area contributed by atoms with Crippen molar-refractivity contribution < 1.29 is 9.32 Å². The third kappa shape index (κ3) is 3.29. The van der Waals surface area contributed by atoms with Crippen LogP contribution in [0.5, 0.6) is 0 Å². The molecule has 0 aliphatic carbocycles. The second-order valence-corrected chi connectivity index (χ2v) is 6.18. The van der Waals surface area contributed by atoms with E-state index in [1.807, 2.05) is 32.0 Å². The number of anilines is 1. The number of aryl methyl sites for hydroxylation is 3. The summed E-state index contributed by atoms with van der Waals surface area (Å²) >= 11 is 1.42. The lowest BCUT2D eigenvalue weighted by molar-refractivity contribution is -0.115. The molecule has 0 saturated heterocycles. The van der Waals surface area contributed by atoms with E-state index < -0.39 is 0 Å². The van der Waals surface area contributed by atoms with E-state index in [2.05, 4.69) is 20.4 Å². The molecule has 0 fully saturated rings. The highest BCUT2D eigenvalue weighted by Gasteiger charge is 2.16. The lowest BCUT2D eigenvalue weighted by Gasteiger charge is -2.01. The Morgan fingerprint density at radius 3 is 2.74 bits per heavy atom. The standard InChI is InChI=1S/C16H16N4O2S/c1-9-12(11(3)22-20-9)8-14(21)19-16-18-10(2)15(23-16)13-6-4-5-7-17-13/h4-7H,8H2,1-3H3,(H,18,19,21). The molecule has 7 heteroatoms. The van der Waals surface area contributed by atoms with Gasteiger partial charge in [-0.15, -0.1) is 0 Å². The SMILES string of the molecule is Cc1nc(NC(=O)Cc2c(C)noc2C)sc1-c1ccccn1. The summed E-state index contributed by atoms with van der Waals surface area (Å²) in [6.45, 7) is 5.53. The van der Waals surface area contributed by atoms with Crippen molar-refractivity contribution in [3.63, 3.8) is 0 Å². The maximum atomic E-state index is 12.2. The van der Waals surface area contributed by atoms with Gasteiger partial charge in [0.25, 0.3) is 0 Å². The van der Waals surface area contributed by atoms with Crippen molar-refractivity contribution in [1.82, 2.24) is 15.1 Å². The minimum atomic E-state index is -0.138. The zero-order chi connectivity index (χ0) is 16.4. The van der Waals surface area contributed by atoms with Gasteiger partial charge in [-0.05, 0) is 32.9 Å². The Morgan fingerprint density at radius 2 is 2.09 bits per heavy atom. The van der Waals surface area contributed by atoms with Gasteiger partial charge in [-0.2, -0.15) is 0 Å². The number of rotatable bonds is 4. The molecule has 118 valence electrons. The summed E-state index contributed by atoms with van der Waals surface area (Å²) < 4.78 is 5.08. The molecular formula is C16H16N4O2S. The summed E-state index contributed by atoms with van der Waals surface area (Å²) in [5.41, 5.74) is 3.26. The topological polar surface area (TPSA) is 80.9 Å². The van der Waals surface area contributed by atoms with Gasteiger partial charge in [0, 0.05) is 11.8 Å². The second-order valence-electron chi connectivity index (χ2n) is 5.18. The Labute approximate surface area is 137 Å². The van der Waals surface area contributed by atoms with E-state index in [1.165, 1.54) is 11.3 Å². The number of carbonyl (C=O) groups is 1. The second kappa shape index (κ2) is 6.29. The Hall–Kier alpha value is -2.54. The van der Waals surface area contributed by atoms with Crippen LogP contribution in [0.25, 0.3) is 10.6 Å². The molecule has 3 aromatic rings. The van der Waals surface area contributed by atoms with Crippen molar-refractivity contribution in [2.75, 3.05) is 5.32 Å². The van der Waals surface area contributed by atoms with E-state index in [9.17, 15) is 4.79 Å². The Balaban J connectivity index is 1.75. The molecule has 1 amide bonds. The molecule has 23 heavy (non-hydrogen) atoms. The third-order valence-corrected chi connectivity index (χ3v) is 4.55. The first-order valence-electron chi connectivity index (χ1n) is 7.15. The number of hydrogen-bond donors (Lipinski definition) is 1. The first kappa shape index (κ1) is 15.4. The minimum absolute atomic E-state index is 0.138.